The molecule has 4 rings (SSSR count). The van der Waals surface area contributed by atoms with Crippen LogP contribution >= 0.6 is 11.3 Å². The number of fused-ring (bicyclic) bond motifs is 1. The van der Waals surface area contributed by atoms with Crippen molar-refractivity contribution in [1.82, 2.24) is 15.5 Å². The monoisotopic (exact) mass is 374 g/mol. The third kappa shape index (κ3) is 3.75. The van der Waals surface area contributed by atoms with Gasteiger partial charge in [-0.05, 0) is 38.8 Å². The van der Waals surface area contributed by atoms with Crippen molar-refractivity contribution in [3.05, 3.63) is 28.3 Å². The first-order valence-electron chi connectivity index (χ1n) is 8.96. The minimum atomic E-state index is -0.305. The van der Waals surface area contributed by atoms with Crippen molar-refractivity contribution in [3.8, 4) is 11.5 Å². The van der Waals surface area contributed by atoms with E-state index in [2.05, 4.69) is 20.8 Å². The molecule has 2 aliphatic rings. The van der Waals surface area contributed by atoms with Crippen molar-refractivity contribution in [1.29, 1.82) is 0 Å². The van der Waals surface area contributed by atoms with Crippen LogP contribution in [-0.2, 0) is 13.0 Å². The van der Waals surface area contributed by atoms with Gasteiger partial charge in [0.05, 0.1) is 6.61 Å². The number of carbonyl (C=O) groups is 1. The minimum Gasteiger partial charge on any atom is -0.494 e. The summed E-state index contributed by atoms with van der Waals surface area (Å²) in [5.41, 5.74) is 2.04. The van der Waals surface area contributed by atoms with Gasteiger partial charge in [-0.2, -0.15) is 0 Å². The number of benzene rings is 1. The van der Waals surface area contributed by atoms with Gasteiger partial charge in [0.15, 0.2) is 0 Å². The predicted molar refractivity (Wildman–Crippen MR) is 99.1 cm³/mol. The maximum atomic E-state index is 12.2. The quantitative estimate of drug-likeness (QED) is 0.809. The maximum Gasteiger partial charge on any atom is 0.321 e. The molecule has 2 aromatic rings. The van der Waals surface area contributed by atoms with Gasteiger partial charge in [-0.3, -0.25) is 5.32 Å². The van der Waals surface area contributed by atoms with E-state index in [1.807, 2.05) is 26.0 Å². The van der Waals surface area contributed by atoms with E-state index in [0.717, 1.165) is 34.1 Å². The van der Waals surface area contributed by atoms with Crippen LogP contribution in [0.25, 0.3) is 0 Å². The normalized spacial score (nSPS) is 18.2. The number of hydrogen-bond acceptors (Lipinski definition) is 6. The van der Waals surface area contributed by atoms with E-state index in [0.29, 0.717) is 24.2 Å². The molecule has 0 saturated heterocycles. The molecule has 7 nitrogen and oxygen atoms in total. The van der Waals surface area contributed by atoms with Gasteiger partial charge in [-0.25, -0.2) is 4.79 Å². The van der Waals surface area contributed by atoms with Crippen molar-refractivity contribution >= 4 is 22.5 Å². The number of anilines is 1. The Labute approximate surface area is 156 Å². The van der Waals surface area contributed by atoms with E-state index in [-0.39, 0.29) is 12.1 Å². The van der Waals surface area contributed by atoms with Crippen LogP contribution in [0.2, 0.25) is 0 Å². The van der Waals surface area contributed by atoms with Gasteiger partial charge >= 0.3 is 6.03 Å². The van der Waals surface area contributed by atoms with Gasteiger partial charge in [0.1, 0.15) is 22.6 Å². The zero-order valence-corrected chi connectivity index (χ0v) is 15.7. The Morgan fingerprint density at radius 2 is 2.23 bits per heavy atom. The van der Waals surface area contributed by atoms with Gasteiger partial charge < -0.3 is 14.8 Å². The molecule has 1 atom stereocenters. The number of ether oxygens (including phenoxy) is 2. The van der Waals surface area contributed by atoms with E-state index >= 15 is 0 Å². The summed E-state index contributed by atoms with van der Waals surface area (Å²) in [5.74, 6) is 2.20. The van der Waals surface area contributed by atoms with Crippen molar-refractivity contribution < 1.29 is 14.3 Å². The molecule has 2 N–H and O–H groups in total. The first kappa shape index (κ1) is 17.1. The van der Waals surface area contributed by atoms with E-state index in [9.17, 15) is 4.79 Å². The summed E-state index contributed by atoms with van der Waals surface area (Å²) in [5, 5.41) is 15.3. The van der Waals surface area contributed by atoms with Crippen molar-refractivity contribution in [3.63, 3.8) is 0 Å². The fourth-order valence-electron chi connectivity index (χ4n) is 3.01. The molecular weight excluding hydrogens is 352 g/mol. The summed E-state index contributed by atoms with van der Waals surface area (Å²) in [6, 6.07) is 3.67. The molecule has 1 aliphatic heterocycles. The zero-order chi connectivity index (χ0) is 18.1. The second-order valence-corrected chi connectivity index (χ2v) is 7.67. The maximum absolute atomic E-state index is 12.2. The smallest absolute Gasteiger partial charge is 0.321 e. The molecule has 1 saturated carbocycles. The number of nitrogens with zero attached hydrogens (tertiary/aromatic N) is 2. The van der Waals surface area contributed by atoms with Gasteiger partial charge in [-0.15, -0.1) is 10.2 Å². The second kappa shape index (κ2) is 7.11. The molecule has 1 fully saturated rings. The third-order valence-electron chi connectivity index (χ3n) is 4.41. The van der Waals surface area contributed by atoms with Crippen LogP contribution in [0.4, 0.5) is 9.93 Å². The number of urea groups is 1. The summed E-state index contributed by atoms with van der Waals surface area (Å²) < 4.78 is 11.6. The lowest BCUT2D eigenvalue weighted by molar-refractivity contribution is 0.250. The molecule has 2 amide bonds. The van der Waals surface area contributed by atoms with E-state index in [1.165, 1.54) is 24.2 Å². The lowest BCUT2D eigenvalue weighted by atomic mass is 10.1. The summed E-state index contributed by atoms with van der Waals surface area (Å²) in [4.78, 5) is 12.2. The van der Waals surface area contributed by atoms with Crippen LogP contribution in [0.1, 0.15) is 48.7 Å². The summed E-state index contributed by atoms with van der Waals surface area (Å²) in [6.45, 7) is 4.91. The van der Waals surface area contributed by atoms with Gasteiger partial charge in [0, 0.05) is 30.0 Å². The third-order valence-corrected chi connectivity index (χ3v) is 5.41. The largest absolute Gasteiger partial charge is 0.494 e. The molecule has 0 spiro atoms. The Morgan fingerprint density at radius 1 is 1.38 bits per heavy atom. The Morgan fingerprint density at radius 3 is 3.00 bits per heavy atom. The Hall–Kier alpha value is -2.35. The summed E-state index contributed by atoms with van der Waals surface area (Å²) in [6.07, 6.45) is 3.38. The number of aromatic nitrogens is 2. The average molecular weight is 374 g/mol. The number of nitrogens with one attached hydrogen (secondary N) is 2. The molecule has 0 bridgehead atoms. The lowest BCUT2D eigenvalue weighted by Crippen LogP contribution is -2.28. The highest BCUT2D eigenvalue weighted by molar-refractivity contribution is 7.15. The van der Waals surface area contributed by atoms with Crippen molar-refractivity contribution in [2.45, 2.75) is 51.7 Å². The predicted octanol–water partition coefficient (Wildman–Crippen LogP) is 3.46. The highest BCUT2D eigenvalue weighted by atomic mass is 32.1. The SMILES string of the molecule is CCOc1cc2c(cc1CNC(=O)Nc1nnc(C3CC3)s1)OC(C)C2. The molecule has 1 aliphatic carbocycles. The number of hydrogen-bond donors (Lipinski definition) is 2. The molecule has 8 heteroatoms. The lowest BCUT2D eigenvalue weighted by Gasteiger charge is -2.13. The molecule has 1 unspecified atom stereocenters. The fraction of sp³-hybridized carbons (Fsp3) is 0.500. The standard InChI is InChI=1S/C18H22N4O3S/c1-3-24-14-7-12-6-10(2)25-15(12)8-13(14)9-19-17(23)20-18-22-21-16(26-18)11-4-5-11/h7-8,10-11H,3-6,9H2,1-2H3,(H2,19,20,22,23). The molecule has 0 radical (unpaired) electrons. The van der Waals surface area contributed by atoms with E-state index < -0.39 is 0 Å². The van der Waals surface area contributed by atoms with E-state index in [1.54, 1.807) is 0 Å². The van der Waals surface area contributed by atoms with Crippen molar-refractivity contribution in [2.75, 3.05) is 11.9 Å². The number of carbonyl (C=O) groups excluding carboxylic acids is 1. The Bertz CT molecular complexity index is 819. The van der Waals surface area contributed by atoms with Crippen LogP contribution in [0, 0.1) is 0 Å². The molecule has 138 valence electrons. The van der Waals surface area contributed by atoms with Crippen LogP contribution in [0.5, 0.6) is 11.5 Å². The topological polar surface area (TPSA) is 85.4 Å². The van der Waals surface area contributed by atoms with Crippen molar-refractivity contribution in [2.24, 2.45) is 0 Å². The number of rotatable bonds is 6. The van der Waals surface area contributed by atoms with Gasteiger partial charge in [0.25, 0.3) is 0 Å². The summed E-state index contributed by atoms with van der Waals surface area (Å²) >= 11 is 1.44. The Balaban J connectivity index is 1.39. The Kier molecular flexibility index (Phi) is 4.67. The first-order chi connectivity index (χ1) is 12.6. The zero-order valence-electron chi connectivity index (χ0n) is 14.9. The van der Waals surface area contributed by atoms with Crippen LogP contribution in [0.15, 0.2) is 12.1 Å². The van der Waals surface area contributed by atoms with Gasteiger partial charge in [0.2, 0.25) is 5.13 Å². The van der Waals surface area contributed by atoms with Crippen LogP contribution in [-0.4, -0.2) is 28.9 Å². The molecule has 2 heterocycles. The van der Waals surface area contributed by atoms with Crippen LogP contribution < -0.4 is 20.1 Å². The minimum absolute atomic E-state index is 0.170. The first-order valence-corrected chi connectivity index (χ1v) is 9.77. The van der Waals surface area contributed by atoms with E-state index in [4.69, 9.17) is 9.47 Å². The molecule has 1 aromatic carbocycles. The molecule has 26 heavy (non-hydrogen) atoms. The molecule has 1 aromatic heterocycles. The fourth-order valence-corrected chi connectivity index (χ4v) is 3.91. The van der Waals surface area contributed by atoms with Gasteiger partial charge in [-0.1, -0.05) is 11.3 Å². The molecular formula is C18H22N4O3S. The number of amides is 2. The average Bonchev–Trinajstić information content (AvgIpc) is 3.25. The second-order valence-electron chi connectivity index (χ2n) is 6.66. The van der Waals surface area contributed by atoms with Crippen LogP contribution in [0.3, 0.4) is 0 Å². The summed E-state index contributed by atoms with van der Waals surface area (Å²) in [7, 11) is 0. The highest BCUT2D eigenvalue weighted by Crippen LogP contribution is 2.42. The highest BCUT2D eigenvalue weighted by Gasteiger charge is 2.28.